The maximum absolute atomic E-state index is 11.1. The number of nitrogen functional groups attached to an aromatic ring is 1. The van der Waals surface area contributed by atoms with E-state index < -0.39 is 5.91 Å². The van der Waals surface area contributed by atoms with E-state index in [0.717, 1.165) is 6.42 Å². The number of rotatable bonds is 7. The van der Waals surface area contributed by atoms with Crippen molar-refractivity contribution < 1.29 is 14.3 Å². The van der Waals surface area contributed by atoms with E-state index in [1.165, 1.54) is 0 Å². The molecule has 0 aliphatic rings. The summed E-state index contributed by atoms with van der Waals surface area (Å²) in [7, 11) is 0. The molecule has 5 heteroatoms. The van der Waals surface area contributed by atoms with Gasteiger partial charge >= 0.3 is 0 Å². The van der Waals surface area contributed by atoms with Crippen molar-refractivity contribution in [2.45, 2.75) is 13.3 Å². The Morgan fingerprint density at radius 1 is 1.29 bits per heavy atom. The van der Waals surface area contributed by atoms with Crippen molar-refractivity contribution in [1.82, 2.24) is 0 Å². The van der Waals surface area contributed by atoms with Gasteiger partial charge in [-0.25, -0.2) is 0 Å². The predicted molar refractivity (Wildman–Crippen MR) is 66.0 cm³/mol. The summed E-state index contributed by atoms with van der Waals surface area (Å²) in [5.41, 5.74) is 11.7. The highest BCUT2D eigenvalue weighted by molar-refractivity contribution is 5.96. The second kappa shape index (κ2) is 6.75. The highest BCUT2D eigenvalue weighted by Gasteiger charge is 2.09. The maximum atomic E-state index is 11.1. The number of hydrogen-bond acceptors (Lipinski definition) is 4. The van der Waals surface area contributed by atoms with Gasteiger partial charge in [-0.05, 0) is 18.6 Å². The number of hydrogen-bond donors (Lipinski definition) is 2. The van der Waals surface area contributed by atoms with Crippen molar-refractivity contribution in [2.75, 3.05) is 25.6 Å². The van der Waals surface area contributed by atoms with Crippen LogP contribution in [0.25, 0.3) is 0 Å². The van der Waals surface area contributed by atoms with Crippen LogP contribution in [0.4, 0.5) is 5.69 Å². The fourth-order valence-corrected chi connectivity index (χ4v) is 1.32. The first-order valence-electron chi connectivity index (χ1n) is 5.55. The Morgan fingerprint density at radius 3 is 2.71 bits per heavy atom. The van der Waals surface area contributed by atoms with Gasteiger partial charge in [0, 0.05) is 18.4 Å². The molecule has 0 spiro atoms. The average Bonchev–Trinajstić information content (AvgIpc) is 2.28. The van der Waals surface area contributed by atoms with Crippen molar-refractivity contribution in [1.29, 1.82) is 0 Å². The number of primary amides is 1. The van der Waals surface area contributed by atoms with Gasteiger partial charge in [0.15, 0.2) is 0 Å². The average molecular weight is 238 g/mol. The summed E-state index contributed by atoms with van der Waals surface area (Å²) in [4.78, 5) is 11.1. The quantitative estimate of drug-likeness (QED) is 0.551. The fourth-order valence-electron chi connectivity index (χ4n) is 1.32. The minimum absolute atomic E-state index is 0.328. The first-order valence-corrected chi connectivity index (χ1v) is 5.55. The topological polar surface area (TPSA) is 87.6 Å². The van der Waals surface area contributed by atoms with Crippen molar-refractivity contribution in [3.05, 3.63) is 23.8 Å². The van der Waals surface area contributed by atoms with E-state index in [4.69, 9.17) is 20.9 Å². The van der Waals surface area contributed by atoms with Gasteiger partial charge in [-0.3, -0.25) is 4.79 Å². The minimum Gasteiger partial charge on any atom is -0.490 e. The number of ether oxygens (including phenoxy) is 2. The maximum Gasteiger partial charge on any atom is 0.252 e. The van der Waals surface area contributed by atoms with Gasteiger partial charge in [-0.15, -0.1) is 0 Å². The lowest BCUT2D eigenvalue weighted by molar-refractivity contribution is 0.0956. The third-order valence-electron chi connectivity index (χ3n) is 2.10. The fraction of sp³-hybridized carbons (Fsp3) is 0.417. The first-order chi connectivity index (χ1) is 8.15. The molecule has 1 aromatic rings. The van der Waals surface area contributed by atoms with Crippen molar-refractivity contribution in [3.63, 3.8) is 0 Å². The Morgan fingerprint density at radius 2 is 2.06 bits per heavy atom. The van der Waals surface area contributed by atoms with E-state index >= 15 is 0 Å². The van der Waals surface area contributed by atoms with Crippen LogP contribution in [0.1, 0.15) is 23.7 Å². The van der Waals surface area contributed by atoms with Gasteiger partial charge < -0.3 is 20.9 Å². The van der Waals surface area contributed by atoms with Crippen molar-refractivity contribution in [3.8, 4) is 5.75 Å². The molecule has 0 heterocycles. The molecule has 94 valence electrons. The molecule has 0 aromatic heterocycles. The summed E-state index contributed by atoms with van der Waals surface area (Å²) in [6.45, 7) is 3.57. The molecule has 0 radical (unpaired) electrons. The summed E-state index contributed by atoms with van der Waals surface area (Å²) in [6, 6.07) is 4.75. The molecule has 0 fully saturated rings. The van der Waals surface area contributed by atoms with E-state index in [2.05, 4.69) is 0 Å². The molecule has 0 atom stereocenters. The molecular weight excluding hydrogens is 220 g/mol. The molecule has 17 heavy (non-hydrogen) atoms. The van der Waals surface area contributed by atoms with Crippen LogP contribution in [-0.4, -0.2) is 25.7 Å². The monoisotopic (exact) mass is 238 g/mol. The normalized spacial score (nSPS) is 10.2. The van der Waals surface area contributed by atoms with Gasteiger partial charge in [0.2, 0.25) is 0 Å². The van der Waals surface area contributed by atoms with Crippen LogP contribution in [0.15, 0.2) is 18.2 Å². The molecule has 4 N–H and O–H groups in total. The minimum atomic E-state index is -0.533. The van der Waals surface area contributed by atoms with E-state index in [1.807, 2.05) is 6.92 Å². The number of benzene rings is 1. The predicted octanol–water partition coefficient (Wildman–Crippen LogP) is 1.17. The molecule has 5 nitrogen and oxygen atoms in total. The lowest BCUT2D eigenvalue weighted by atomic mass is 10.2. The standard InChI is InChI=1S/C12H18N2O3/c1-2-5-16-6-7-17-11-8-9(13)3-4-10(11)12(14)15/h3-4,8H,2,5-7,13H2,1H3,(H2,14,15). The summed E-state index contributed by atoms with van der Waals surface area (Å²) >= 11 is 0. The van der Waals surface area contributed by atoms with Gasteiger partial charge in [0.1, 0.15) is 12.4 Å². The van der Waals surface area contributed by atoms with Gasteiger partial charge in [0.25, 0.3) is 5.91 Å². The smallest absolute Gasteiger partial charge is 0.252 e. The van der Waals surface area contributed by atoms with Crippen LogP contribution < -0.4 is 16.2 Å². The molecule has 1 rings (SSSR count). The van der Waals surface area contributed by atoms with Crippen LogP contribution in [0.2, 0.25) is 0 Å². The third kappa shape index (κ3) is 4.32. The highest BCUT2D eigenvalue weighted by atomic mass is 16.5. The Bertz CT molecular complexity index is 380. The van der Waals surface area contributed by atoms with Crippen LogP contribution in [0.3, 0.4) is 0 Å². The number of carbonyl (C=O) groups excluding carboxylic acids is 1. The number of carbonyl (C=O) groups is 1. The lowest BCUT2D eigenvalue weighted by Gasteiger charge is -2.10. The second-order valence-corrected chi connectivity index (χ2v) is 3.58. The van der Waals surface area contributed by atoms with E-state index in [1.54, 1.807) is 18.2 Å². The Hall–Kier alpha value is -1.75. The van der Waals surface area contributed by atoms with Gasteiger partial charge in [0.05, 0.1) is 12.2 Å². The molecule has 0 bridgehead atoms. The number of anilines is 1. The van der Waals surface area contributed by atoms with Crippen LogP contribution in [0.5, 0.6) is 5.75 Å². The Kier molecular flexibility index (Phi) is 5.29. The highest BCUT2D eigenvalue weighted by Crippen LogP contribution is 2.21. The summed E-state index contributed by atoms with van der Waals surface area (Å²) < 4.78 is 10.7. The van der Waals surface area contributed by atoms with E-state index in [9.17, 15) is 4.79 Å². The lowest BCUT2D eigenvalue weighted by Crippen LogP contribution is -2.15. The molecule has 0 aliphatic heterocycles. The van der Waals surface area contributed by atoms with Crippen molar-refractivity contribution in [2.24, 2.45) is 5.73 Å². The van der Waals surface area contributed by atoms with E-state index in [0.29, 0.717) is 36.8 Å². The Balaban J connectivity index is 2.56. The van der Waals surface area contributed by atoms with E-state index in [-0.39, 0.29) is 0 Å². The van der Waals surface area contributed by atoms with Crippen LogP contribution in [-0.2, 0) is 4.74 Å². The van der Waals surface area contributed by atoms with Crippen LogP contribution in [0, 0.1) is 0 Å². The van der Waals surface area contributed by atoms with Crippen molar-refractivity contribution >= 4 is 11.6 Å². The molecule has 1 aromatic carbocycles. The molecule has 0 aliphatic carbocycles. The SMILES string of the molecule is CCCOCCOc1cc(N)ccc1C(N)=O. The number of amides is 1. The van der Waals surface area contributed by atoms with Crippen LogP contribution >= 0.6 is 0 Å². The largest absolute Gasteiger partial charge is 0.490 e. The summed E-state index contributed by atoms with van der Waals surface area (Å²) in [5, 5.41) is 0. The Labute approximate surface area is 101 Å². The summed E-state index contributed by atoms with van der Waals surface area (Å²) in [5.74, 6) is -0.132. The molecule has 0 saturated carbocycles. The van der Waals surface area contributed by atoms with Gasteiger partial charge in [-0.2, -0.15) is 0 Å². The zero-order valence-electron chi connectivity index (χ0n) is 9.94. The molecular formula is C12H18N2O3. The first kappa shape index (κ1) is 13.3. The number of nitrogens with two attached hydrogens (primary N) is 2. The second-order valence-electron chi connectivity index (χ2n) is 3.58. The third-order valence-corrected chi connectivity index (χ3v) is 2.10. The van der Waals surface area contributed by atoms with Gasteiger partial charge in [-0.1, -0.05) is 6.92 Å². The molecule has 0 saturated heterocycles. The zero-order chi connectivity index (χ0) is 12.7. The molecule has 1 amide bonds. The molecule has 0 unspecified atom stereocenters. The zero-order valence-corrected chi connectivity index (χ0v) is 9.94. The summed E-state index contributed by atoms with van der Waals surface area (Å²) in [6.07, 6.45) is 0.963.